The molecule has 116 valence electrons. The van der Waals surface area contributed by atoms with Gasteiger partial charge in [0.1, 0.15) is 6.04 Å². The predicted molar refractivity (Wildman–Crippen MR) is 85.6 cm³/mol. The minimum atomic E-state index is -0.876. The minimum Gasteiger partial charge on any atom is -0.480 e. The van der Waals surface area contributed by atoms with Crippen LogP contribution in [0.1, 0.15) is 29.5 Å². The van der Waals surface area contributed by atoms with Gasteiger partial charge in [-0.05, 0) is 44.7 Å². The highest BCUT2D eigenvalue weighted by Gasteiger charge is 2.18. The molecule has 0 aliphatic heterocycles. The Bertz CT molecular complexity index is 513. The van der Waals surface area contributed by atoms with Crippen molar-refractivity contribution in [2.24, 2.45) is 16.5 Å². The van der Waals surface area contributed by atoms with Crippen molar-refractivity contribution < 1.29 is 9.90 Å². The summed E-state index contributed by atoms with van der Waals surface area (Å²) in [6, 6.07) is 3.42. The van der Waals surface area contributed by atoms with Crippen LogP contribution in [0.4, 0.5) is 5.69 Å². The maximum atomic E-state index is 11.4. The molecule has 1 rings (SSSR count). The Kier molecular flexibility index (Phi) is 6.02. The number of aliphatic imine (C=N–C) groups is 1. The standard InChI is InChI=1S/C15H24N4O2/c1-9-7-10(2)13(11(3)8-9)19-12(14(20)21)5-4-6-18-15(16)17/h7-8,12,19H,4-6H2,1-3H3,(H,20,21)(H4,16,17,18)/t12-/m0/s1. The van der Waals surface area contributed by atoms with Crippen molar-refractivity contribution in [1.29, 1.82) is 0 Å². The Morgan fingerprint density at radius 2 is 1.86 bits per heavy atom. The predicted octanol–water partition coefficient (Wildman–Crippen LogP) is 1.53. The Hall–Kier alpha value is -2.24. The molecule has 0 aliphatic carbocycles. The van der Waals surface area contributed by atoms with E-state index < -0.39 is 12.0 Å². The monoisotopic (exact) mass is 292 g/mol. The maximum absolute atomic E-state index is 11.4. The van der Waals surface area contributed by atoms with Crippen molar-refractivity contribution in [3.8, 4) is 0 Å². The Labute approximate surface area is 125 Å². The van der Waals surface area contributed by atoms with Crippen LogP contribution in [0.15, 0.2) is 17.1 Å². The molecule has 21 heavy (non-hydrogen) atoms. The number of aliphatic carboxylic acids is 1. The van der Waals surface area contributed by atoms with E-state index in [-0.39, 0.29) is 5.96 Å². The smallest absolute Gasteiger partial charge is 0.326 e. The van der Waals surface area contributed by atoms with E-state index in [0.717, 1.165) is 22.4 Å². The highest BCUT2D eigenvalue weighted by atomic mass is 16.4. The summed E-state index contributed by atoms with van der Waals surface area (Å²) in [6.07, 6.45) is 1.06. The lowest BCUT2D eigenvalue weighted by molar-refractivity contribution is -0.138. The number of nitrogens with one attached hydrogen (secondary N) is 1. The van der Waals surface area contributed by atoms with Gasteiger partial charge in [-0.3, -0.25) is 4.99 Å². The highest BCUT2D eigenvalue weighted by molar-refractivity contribution is 5.78. The van der Waals surface area contributed by atoms with Crippen LogP contribution in [0.2, 0.25) is 0 Å². The molecule has 0 fully saturated rings. The lowest BCUT2D eigenvalue weighted by atomic mass is 10.0. The molecule has 1 atom stereocenters. The number of benzene rings is 1. The van der Waals surface area contributed by atoms with Crippen molar-refractivity contribution in [3.63, 3.8) is 0 Å². The molecule has 1 aromatic carbocycles. The molecule has 0 unspecified atom stereocenters. The number of aryl methyl sites for hydroxylation is 3. The molecule has 0 radical (unpaired) electrons. The molecule has 0 amide bonds. The Morgan fingerprint density at radius 3 is 2.33 bits per heavy atom. The normalized spacial score (nSPS) is 11.8. The molecule has 6 heteroatoms. The molecular weight excluding hydrogens is 268 g/mol. The Balaban J connectivity index is 2.75. The number of hydrogen-bond donors (Lipinski definition) is 4. The third-order valence-electron chi connectivity index (χ3n) is 3.24. The number of anilines is 1. The van der Waals surface area contributed by atoms with Crippen LogP contribution in [0.5, 0.6) is 0 Å². The van der Waals surface area contributed by atoms with Crippen molar-refractivity contribution in [1.82, 2.24) is 0 Å². The van der Waals surface area contributed by atoms with Gasteiger partial charge in [0.05, 0.1) is 0 Å². The van der Waals surface area contributed by atoms with Gasteiger partial charge >= 0.3 is 5.97 Å². The van der Waals surface area contributed by atoms with E-state index in [2.05, 4.69) is 10.3 Å². The second kappa shape index (κ2) is 7.52. The summed E-state index contributed by atoms with van der Waals surface area (Å²) in [6.45, 7) is 6.40. The summed E-state index contributed by atoms with van der Waals surface area (Å²) in [5, 5.41) is 12.5. The molecule has 6 nitrogen and oxygen atoms in total. The van der Waals surface area contributed by atoms with Crippen molar-refractivity contribution in [3.05, 3.63) is 28.8 Å². The average molecular weight is 292 g/mol. The zero-order chi connectivity index (χ0) is 16.0. The van der Waals surface area contributed by atoms with Crippen LogP contribution in [0, 0.1) is 20.8 Å². The zero-order valence-corrected chi connectivity index (χ0v) is 12.8. The molecular formula is C15H24N4O2. The van der Waals surface area contributed by atoms with Crippen LogP contribution >= 0.6 is 0 Å². The first-order chi connectivity index (χ1) is 9.81. The number of nitrogens with zero attached hydrogens (tertiary/aromatic N) is 1. The summed E-state index contributed by atoms with van der Waals surface area (Å²) in [5.74, 6) is -0.848. The fourth-order valence-electron chi connectivity index (χ4n) is 2.34. The van der Waals surface area contributed by atoms with Gasteiger partial charge in [0.2, 0.25) is 0 Å². The largest absolute Gasteiger partial charge is 0.480 e. The lowest BCUT2D eigenvalue weighted by Gasteiger charge is -2.19. The molecule has 0 bridgehead atoms. The quantitative estimate of drug-likeness (QED) is 0.346. The molecule has 6 N–H and O–H groups in total. The summed E-state index contributed by atoms with van der Waals surface area (Å²) in [4.78, 5) is 15.2. The number of carboxylic acids is 1. The van der Waals surface area contributed by atoms with E-state index in [1.54, 1.807) is 0 Å². The second-order valence-corrected chi connectivity index (χ2v) is 5.26. The van der Waals surface area contributed by atoms with Crippen LogP contribution in [-0.2, 0) is 4.79 Å². The van der Waals surface area contributed by atoms with Gasteiger partial charge < -0.3 is 21.9 Å². The van der Waals surface area contributed by atoms with E-state index in [4.69, 9.17) is 11.5 Å². The van der Waals surface area contributed by atoms with E-state index in [1.807, 2.05) is 32.9 Å². The lowest BCUT2D eigenvalue weighted by Crippen LogP contribution is -2.30. The third-order valence-corrected chi connectivity index (χ3v) is 3.24. The molecule has 0 spiro atoms. The van der Waals surface area contributed by atoms with Crippen LogP contribution in [0.25, 0.3) is 0 Å². The number of rotatable bonds is 7. The number of nitrogens with two attached hydrogens (primary N) is 2. The van der Waals surface area contributed by atoms with Crippen molar-refractivity contribution in [2.45, 2.75) is 39.7 Å². The van der Waals surface area contributed by atoms with Gasteiger partial charge in [-0.15, -0.1) is 0 Å². The van der Waals surface area contributed by atoms with Gasteiger partial charge in [-0.1, -0.05) is 17.7 Å². The van der Waals surface area contributed by atoms with Gasteiger partial charge in [0.15, 0.2) is 5.96 Å². The fraction of sp³-hybridized carbons (Fsp3) is 0.467. The first kappa shape index (κ1) is 16.8. The number of carbonyl (C=O) groups is 1. The minimum absolute atomic E-state index is 0.0278. The van der Waals surface area contributed by atoms with E-state index >= 15 is 0 Å². The first-order valence-corrected chi connectivity index (χ1v) is 6.94. The van der Waals surface area contributed by atoms with Crippen LogP contribution in [-0.4, -0.2) is 29.6 Å². The van der Waals surface area contributed by atoms with E-state index in [0.29, 0.717) is 19.4 Å². The number of guanidine groups is 1. The summed E-state index contributed by atoms with van der Waals surface area (Å²) < 4.78 is 0. The molecule has 0 saturated carbocycles. The summed E-state index contributed by atoms with van der Waals surface area (Å²) in [7, 11) is 0. The number of carboxylic acid groups (broad SMARTS) is 1. The van der Waals surface area contributed by atoms with E-state index in [1.165, 1.54) is 0 Å². The number of hydrogen-bond acceptors (Lipinski definition) is 3. The van der Waals surface area contributed by atoms with Gasteiger partial charge in [-0.25, -0.2) is 4.79 Å². The van der Waals surface area contributed by atoms with Gasteiger partial charge in [0, 0.05) is 12.2 Å². The third kappa shape index (κ3) is 5.33. The van der Waals surface area contributed by atoms with Crippen molar-refractivity contribution >= 4 is 17.6 Å². The van der Waals surface area contributed by atoms with Gasteiger partial charge in [0.25, 0.3) is 0 Å². The fourth-order valence-corrected chi connectivity index (χ4v) is 2.34. The summed E-state index contributed by atoms with van der Waals surface area (Å²) in [5.41, 5.74) is 14.6. The van der Waals surface area contributed by atoms with Gasteiger partial charge in [-0.2, -0.15) is 0 Å². The molecule has 0 saturated heterocycles. The average Bonchev–Trinajstić information content (AvgIpc) is 2.35. The molecule has 1 aromatic rings. The highest BCUT2D eigenvalue weighted by Crippen LogP contribution is 2.23. The topological polar surface area (TPSA) is 114 Å². The van der Waals surface area contributed by atoms with E-state index in [9.17, 15) is 9.90 Å². The van der Waals surface area contributed by atoms with Crippen LogP contribution in [0.3, 0.4) is 0 Å². The SMILES string of the molecule is Cc1cc(C)c(N[C@@H](CCCN=C(N)N)C(=O)O)c(C)c1. The summed E-state index contributed by atoms with van der Waals surface area (Å²) >= 11 is 0. The maximum Gasteiger partial charge on any atom is 0.326 e. The molecule has 0 aromatic heterocycles. The van der Waals surface area contributed by atoms with Crippen LogP contribution < -0.4 is 16.8 Å². The molecule has 0 aliphatic rings. The first-order valence-electron chi connectivity index (χ1n) is 6.94. The second-order valence-electron chi connectivity index (χ2n) is 5.26. The zero-order valence-electron chi connectivity index (χ0n) is 12.8. The molecule has 0 heterocycles. The van der Waals surface area contributed by atoms with Crippen molar-refractivity contribution in [2.75, 3.05) is 11.9 Å². The Morgan fingerprint density at radius 1 is 1.29 bits per heavy atom.